The lowest BCUT2D eigenvalue weighted by molar-refractivity contribution is 0.120. The topological polar surface area (TPSA) is 82.2 Å². The molecule has 32 heavy (non-hydrogen) atoms. The molecule has 0 amide bonds. The minimum atomic E-state index is -0.422. The van der Waals surface area contributed by atoms with Gasteiger partial charge < -0.3 is 15.6 Å². The van der Waals surface area contributed by atoms with E-state index in [0.717, 1.165) is 47.2 Å². The summed E-state index contributed by atoms with van der Waals surface area (Å²) in [5.41, 5.74) is 3.59. The molecule has 5 nitrogen and oxygen atoms in total. The number of rotatable bonds is 9. The van der Waals surface area contributed by atoms with E-state index in [2.05, 4.69) is 38.8 Å². The van der Waals surface area contributed by atoms with Gasteiger partial charge in [0.1, 0.15) is 5.75 Å². The number of pyridine rings is 1. The summed E-state index contributed by atoms with van der Waals surface area (Å²) >= 11 is 0. The average molecular weight is 435 g/mol. The van der Waals surface area contributed by atoms with Gasteiger partial charge in [-0.2, -0.15) is 0 Å². The zero-order valence-electron chi connectivity index (χ0n) is 20.5. The van der Waals surface area contributed by atoms with Gasteiger partial charge in [0, 0.05) is 47.6 Å². The second-order valence-corrected chi connectivity index (χ2v) is 9.95. The molecule has 2 atom stereocenters. The molecule has 0 spiro atoms. The summed E-state index contributed by atoms with van der Waals surface area (Å²) in [5.74, 6) is 0.528. The Balaban J connectivity index is 1.96. The van der Waals surface area contributed by atoms with Crippen LogP contribution in [0.25, 0.3) is 10.9 Å². The van der Waals surface area contributed by atoms with Crippen LogP contribution in [0.5, 0.6) is 5.75 Å². The second kappa shape index (κ2) is 9.93. The van der Waals surface area contributed by atoms with Gasteiger partial charge in [-0.1, -0.05) is 34.6 Å². The third-order valence-corrected chi connectivity index (χ3v) is 6.69. The predicted molar refractivity (Wildman–Crippen MR) is 135 cm³/mol. The van der Waals surface area contributed by atoms with E-state index in [-0.39, 0.29) is 11.3 Å². The van der Waals surface area contributed by atoms with Gasteiger partial charge >= 0.3 is 0 Å². The van der Waals surface area contributed by atoms with Crippen molar-refractivity contribution in [3.8, 4) is 5.75 Å². The van der Waals surface area contributed by atoms with Gasteiger partial charge in [0.2, 0.25) is 0 Å². The highest BCUT2D eigenvalue weighted by atomic mass is 16.5. The summed E-state index contributed by atoms with van der Waals surface area (Å²) in [6.07, 6.45) is 7.14. The van der Waals surface area contributed by atoms with Crippen molar-refractivity contribution in [2.75, 3.05) is 7.05 Å². The smallest absolute Gasteiger partial charge is 0.121 e. The van der Waals surface area contributed by atoms with Crippen LogP contribution < -0.4 is 4.74 Å². The van der Waals surface area contributed by atoms with Gasteiger partial charge in [-0.15, -0.1) is 0 Å². The number of fused-ring (bicyclic) bond motifs is 1. The molecule has 0 saturated heterocycles. The van der Waals surface area contributed by atoms with Crippen LogP contribution in [0.15, 0.2) is 35.5 Å². The number of nitrogens with one attached hydrogen (secondary N) is 2. The lowest BCUT2D eigenvalue weighted by Crippen LogP contribution is -2.40. The van der Waals surface area contributed by atoms with E-state index in [1.165, 1.54) is 6.42 Å². The minimum absolute atomic E-state index is 0.0462. The molecule has 1 heterocycles. The van der Waals surface area contributed by atoms with Gasteiger partial charge in [-0.3, -0.25) is 9.98 Å². The van der Waals surface area contributed by atoms with Crippen LogP contribution in [0, 0.1) is 28.1 Å². The zero-order chi connectivity index (χ0) is 23.5. The van der Waals surface area contributed by atoms with Gasteiger partial charge in [-0.05, 0) is 55.7 Å². The summed E-state index contributed by atoms with van der Waals surface area (Å²) < 4.78 is 6.02. The third kappa shape index (κ3) is 5.08. The molecule has 1 aliphatic rings. The highest BCUT2D eigenvalue weighted by molar-refractivity contribution is 6.28. The van der Waals surface area contributed by atoms with Crippen molar-refractivity contribution in [3.05, 3.63) is 36.0 Å². The van der Waals surface area contributed by atoms with Crippen LogP contribution >= 0.6 is 0 Å². The number of benzene rings is 1. The molecule has 0 bridgehead atoms. The van der Waals surface area contributed by atoms with Gasteiger partial charge in [0.15, 0.2) is 0 Å². The summed E-state index contributed by atoms with van der Waals surface area (Å²) in [6.45, 7) is 10.6. The van der Waals surface area contributed by atoms with Crippen molar-refractivity contribution >= 4 is 28.0 Å². The molecule has 0 aliphatic heterocycles. The molecule has 2 unspecified atom stereocenters. The maximum absolute atomic E-state index is 9.10. The van der Waals surface area contributed by atoms with Crippen LogP contribution in [0.2, 0.25) is 0 Å². The number of hydrogen-bond donors (Lipinski definition) is 2. The Kier molecular flexibility index (Phi) is 7.47. The Hall–Kier alpha value is -2.56. The van der Waals surface area contributed by atoms with Gasteiger partial charge in [0.05, 0.1) is 23.3 Å². The van der Waals surface area contributed by atoms with E-state index < -0.39 is 5.92 Å². The molecule has 1 aromatic carbocycles. The van der Waals surface area contributed by atoms with E-state index in [0.29, 0.717) is 23.9 Å². The van der Waals surface area contributed by atoms with Crippen LogP contribution in [0.4, 0.5) is 0 Å². The Morgan fingerprint density at radius 1 is 1.19 bits per heavy atom. The Bertz CT molecular complexity index is 1010. The molecule has 1 saturated carbocycles. The molecule has 3 rings (SSSR count). The van der Waals surface area contributed by atoms with Crippen LogP contribution in [-0.4, -0.2) is 35.3 Å². The Morgan fingerprint density at radius 3 is 2.44 bits per heavy atom. The molecule has 172 valence electrons. The molecular formula is C27H38N4O. The van der Waals surface area contributed by atoms with Crippen molar-refractivity contribution in [2.24, 2.45) is 22.2 Å². The van der Waals surface area contributed by atoms with E-state index in [1.54, 1.807) is 7.05 Å². The molecule has 1 aromatic heterocycles. The molecule has 5 heteroatoms. The molecule has 2 N–H and O–H groups in total. The summed E-state index contributed by atoms with van der Waals surface area (Å²) in [6, 6.07) is 8.14. The molecule has 0 radical (unpaired) electrons. The molecule has 2 aromatic rings. The fourth-order valence-corrected chi connectivity index (χ4v) is 4.62. The van der Waals surface area contributed by atoms with Crippen molar-refractivity contribution in [1.82, 2.24) is 4.98 Å². The first-order valence-electron chi connectivity index (χ1n) is 11.9. The molecule has 1 fully saturated rings. The zero-order valence-corrected chi connectivity index (χ0v) is 20.5. The molecule has 1 aliphatic carbocycles. The minimum Gasteiger partial charge on any atom is -0.490 e. The number of hydrogen-bond acceptors (Lipinski definition) is 5. The normalized spacial score (nSPS) is 17.0. The number of nitrogens with zero attached hydrogens (tertiary/aromatic N) is 2. The predicted octanol–water partition coefficient (Wildman–Crippen LogP) is 6.72. The van der Waals surface area contributed by atoms with Gasteiger partial charge in [0.25, 0.3) is 0 Å². The summed E-state index contributed by atoms with van der Waals surface area (Å²) in [5, 5.41) is 18.8. The van der Waals surface area contributed by atoms with Crippen molar-refractivity contribution in [1.29, 1.82) is 10.8 Å². The fourth-order valence-electron chi connectivity index (χ4n) is 4.62. The highest BCUT2D eigenvalue weighted by Gasteiger charge is 2.35. The first kappa shape index (κ1) is 24.1. The molecular weight excluding hydrogens is 396 g/mol. The lowest BCUT2D eigenvalue weighted by atomic mass is 9.70. The first-order chi connectivity index (χ1) is 15.2. The maximum Gasteiger partial charge on any atom is 0.121 e. The Labute approximate surface area is 192 Å². The summed E-state index contributed by atoms with van der Waals surface area (Å²) in [4.78, 5) is 9.30. The number of aliphatic imine (C=N–C) groups is 1. The monoisotopic (exact) mass is 434 g/mol. The largest absolute Gasteiger partial charge is 0.490 e. The third-order valence-electron chi connectivity index (χ3n) is 6.69. The second-order valence-electron chi connectivity index (χ2n) is 9.95. The average Bonchev–Trinajstić information content (AvgIpc) is 2.72. The van der Waals surface area contributed by atoms with Crippen LogP contribution in [0.3, 0.4) is 0 Å². The van der Waals surface area contributed by atoms with Crippen molar-refractivity contribution in [3.63, 3.8) is 0 Å². The maximum atomic E-state index is 9.10. The first-order valence-corrected chi connectivity index (χ1v) is 11.9. The van der Waals surface area contributed by atoms with E-state index in [9.17, 15) is 0 Å². The SMILES string of the molecule is CCC(=N)C(C(=N)C(CC)C(C)(C)C)C(=NC)c1cnc2cc(OC3CCC3)ccc2c1. The Morgan fingerprint density at radius 2 is 1.91 bits per heavy atom. The fraction of sp³-hybridized carbons (Fsp3) is 0.556. The quantitative estimate of drug-likeness (QED) is 0.429. The summed E-state index contributed by atoms with van der Waals surface area (Å²) in [7, 11) is 1.76. The van der Waals surface area contributed by atoms with Gasteiger partial charge in [-0.25, -0.2) is 0 Å². The van der Waals surface area contributed by atoms with E-state index in [4.69, 9.17) is 20.5 Å². The van der Waals surface area contributed by atoms with Crippen LogP contribution in [0.1, 0.15) is 72.3 Å². The van der Waals surface area contributed by atoms with E-state index in [1.807, 2.05) is 31.3 Å². The number of ether oxygens (including phenoxy) is 1. The van der Waals surface area contributed by atoms with Crippen molar-refractivity contribution in [2.45, 2.75) is 72.8 Å². The highest BCUT2D eigenvalue weighted by Crippen LogP contribution is 2.34. The van der Waals surface area contributed by atoms with E-state index >= 15 is 0 Å². The number of aromatic nitrogens is 1. The lowest BCUT2D eigenvalue weighted by Gasteiger charge is -2.34. The standard InChI is InChI=1S/C27H38N4O/c1-7-21(27(3,4)5)25(29)24(22(28)8-2)26(30-6)18-14-17-12-13-20(15-23(17)31-16-18)32-19-10-9-11-19/h12-16,19,21,24,28-29H,7-11H2,1-6H3. The van der Waals surface area contributed by atoms with Crippen molar-refractivity contribution < 1.29 is 4.74 Å². The van der Waals surface area contributed by atoms with Crippen LogP contribution in [-0.2, 0) is 0 Å².